The first-order valence-electron chi connectivity index (χ1n) is 10.3. The molecule has 3 heterocycles. The Bertz CT molecular complexity index is 1360. The molecule has 9 heteroatoms. The molecular weight excluding hydrogens is 422 g/mol. The monoisotopic (exact) mass is 445 g/mol. The molecule has 4 aromatic rings. The number of aliphatic imine (C=N–C) groups is 1. The first kappa shape index (κ1) is 20.5. The van der Waals surface area contributed by atoms with Crippen LogP contribution < -0.4 is 10.6 Å². The predicted molar refractivity (Wildman–Crippen MR) is 129 cm³/mol. The fraction of sp³-hybridized carbons (Fsp3) is 0.217. The number of thioether (sulfide) groups is 1. The van der Waals surface area contributed by atoms with E-state index in [2.05, 4.69) is 61.5 Å². The molecule has 0 saturated carbocycles. The fourth-order valence-electron chi connectivity index (χ4n) is 3.57. The molecule has 0 spiro atoms. The van der Waals surface area contributed by atoms with Gasteiger partial charge < -0.3 is 15.4 Å². The van der Waals surface area contributed by atoms with Crippen LogP contribution >= 0.6 is 11.8 Å². The molecule has 0 unspecified atom stereocenters. The highest BCUT2D eigenvalue weighted by Crippen LogP contribution is 2.23. The van der Waals surface area contributed by atoms with Crippen molar-refractivity contribution >= 4 is 45.6 Å². The molecule has 1 aliphatic heterocycles. The lowest BCUT2D eigenvalue weighted by Gasteiger charge is -2.20. The summed E-state index contributed by atoms with van der Waals surface area (Å²) in [5.74, 6) is 1.43. The molecule has 2 aromatic heterocycles. The molecule has 0 amide bonds. The van der Waals surface area contributed by atoms with Gasteiger partial charge in [0, 0.05) is 16.8 Å². The van der Waals surface area contributed by atoms with Gasteiger partial charge in [0.2, 0.25) is 11.9 Å². The van der Waals surface area contributed by atoms with Gasteiger partial charge in [0.25, 0.3) is 0 Å². The van der Waals surface area contributed by atoms with Crippen molar-refractivity contribution in [2.75, 3.05) is 11.1 Å². The summed E-state index contributed by atoms with van der Waals surface area (Å²) in [6.07, 6.45) is 0.732. The maximum Gasteiger partial charge on any atom is 0.230 e. The van der Waals surface area contributed by atoms with Crippen molar-refractivity contribution in [1.82, 2.24) is 25.3 Å². The maximum atomic E-state index is 10.2. The van der Waals surface area contributed by atoms with E-state index in [4.69, 9.17) is 0 Å². The van der Waals surface area contributed by atoms with Crippen LogP contribution in [0.25, 0.3) is 21.9 Å². The molecule has 2 aromatic carbocycles. The van der Waals surface area contributed by atoms with Crippen molar-refractivity contribution < 1.29 is 5.11 Å². The number of imidazole rings is 1. The average Bonchev–Trinajstić information content (AvgIpc) is 3.16. The largest absolute Gasteiger partial charge is 0.368 e. The number of guanidine groups is 1. The zero-order valence-corrected chi connectivity index (χ0v) is 18.8. The molecule has 0 aliphatic carbocycles. The summed E-state index contributed by atoms with van der Waals surface area (Å²) >= 11 is 1.55. The Labute approximate surface area is 189 Å². The van der Waals surface area contributed by atoms with E-state index < -0.39 is 6.23 Å². The molecule has 0 saturated heterocycles. The second kappa shape index (κ2) is 8.25. The van der Waals surface area contributed by atoms with Crippen LogP contribution in [0, 0.1) is 20.8 Å². The van der Waals surface area contributed by atoms with Crippen LogP contribution in [-0.2, 0) is 0 Å². The number of H-pyrrole nitrogens is 1. The summed E-state index contributed by atoms with van der Waals surface area (Å²) in [5.41, 5.74) is 6.90. The topological polar surface area (TPSA) is 111 Å². The molecule has 0 radical (unpaired) electrons. The van der Waals surface area contributed by atoms with Gasteiger partial charge in [0.1, 0.15) is 0 Å². The number of fused-ring (bicyclic) bond motifs is 2. The summed E-state index contributed by atoms with van der Waals surface area (Å²) in [5, 5.41) is 18.4. The minimum atomic E-state index is -0.948. The number of anilines is 1. The van der Waals surface area contributed by atoms with E-state index in [-0.39, 0.29) is 0 Å². The molecule has 162 valence electrons. The summed E-state index contributed by atoms with van der Waals surface area (Å²) in [6, 6.07) is 12.1. The molecule has 32 heavy (non-hydrogen) atoms. The summed E-state index contributed by atoms with van der Waals surface area (Å²) in [4.78, 5) is 21.3. The van der Waals surface area contributed by atoms with Crippen molar-refractivity contribution in [1.29, 1.82) is 0 Å². The van der Waals surface area contributed by atoms with Gasteiger partial charge in [-0.3, -0.25) is 5.32 Å². The standard InChI is InChI=1S/C23H23N7OS/c1-12-8-16-14(3)24-21(26-19(16)9-13(12)2)30-22-25-15(10-20(31)29-22)11-32-23-27-17-6-4-5-7-18(17)28-23/h4-10,20,31H,11H2,1-3H3,(H,27,28)(H2,24,25,26,29,30)/t20-/m0/s1. The van der Waals surface area contributed by atoms with Gasteiger partial charge in [-0.15, -0.1) is 0 Å². The van der Waals surface area contributed by atoms with Crippen LogP contribution in [0.1, 0.15) is 16.8 Å². The van der Waals surface area contributed by atoms with E-state index in [9.17, 15) is 5.11 Å². The molecule has 1 atom stereocenters. The lowest BCUT2D eigenvalue weighted by Crippen LogP contribution is -2.36. The first-order chi connectivity index (χ1) is 15.4. The van der Waals surface area contributed by atoms with Gasteiger partial charge in [-0.05, 0) is 62.2 Å². The third-order valence-corrected chi connectivity index (χ3v) is 6.28. The van der Waals surface area contributed by atoms with Gasteiger partial charge in [-0.2, -0.15) is 0 Å². The second-order valence-corrected chi connectivity index (χ2v) is 8.73. The molecule has 1 aliphatic rings. The molecule has 0 bridgehead atoms. The van der Waals surface area contributed by atoms with Crippen LogP contribution in [0.4, 0.5) is 5.95 Å². The molecular formula is C23H23N7OS. The number of aliphatic hydroxyl groups is 1. The van der Waals surface area contributed by atoms with Gasteiger partial charge in [0.05, 0.1) is 22.2 Å². The van der Waals surface area contributed by atoms with Crippen molar-refractivity contribution in [2.45, 2.75) is 32.2 Å². The third kappa shape index (κ3) is 4.17. The van der Waals surface area contributed by atoms with E-state index in [0.717, 1.165) is 38.5 Å². The van der Waals surface area contributed by atoms with Gasteiger partial charge in [0.15, 0.2) is 11.4 Å². The number of rotatable bonds is 4. The number of hydrogen-bond acceptors (Lipinski definition) is 8. The SMILES string of the molecule is Cc1cc2nc(NC3=N[C@@H](O)C=C(CSc4nc5ccccc5[nH]4)N3)nc(C)c2cc1C. The number of hydrogen-bond donors (Lipinski definition) is 4. The Morgan fingerprint density at radius 2 is 1.84 bits per heavy atom. The molecule has 5 rings (SSSR count). The molecule has 4 N–H and O–H groups in total. The van der Waals surface area contributed by atoms with E-state index in [1.54, 1.807) is 17.8 Å². The number of para-hydroxylation sites is 2. The number of aliphatic hydroxyl groups excluding tert-OH is 1. The lowest BCUT2D eigenvalue weighted by molar-refractivity contribution is 0.230. The van der Waals surface area contributed by atoms with Gasteiger partial charge >= 0.3 is 0 Å². The summed E-state index contributed by atoms with van der Waals surface area (Å²) in [6.45, 7) is 6.11. The Morgan fingerprint density at radius 1 is 1.03 bits per heavy atom. The number of aryl methyl sites for hydroxylation is 3. The first-order valence-corrected chi connectivity index (χ1v) is 11.3. The zero-order valence-electron chi connectivity index (χ0n) is 18.0. The number of aromatic nitrogens is 4. The predicted octanol–water partition coefficient (Wildman–Crippen LogP) is 3.80. The quantitative estimate of drug-likeness (QED) is 0.354. The van der Waals surface area contributed by atoms with Crippen LogP contribution in [0.3, 0.4) is 0 Å². The smallest absolute Gasteiger partial charge is 0.230 e. The van der Waals surface area contributed by atoms with E-state index in [0.29, 0.717) is 17.7 Å². The highest BCUT2D eigenvalue weighted by Gasteiger charge is 2.16. The van der Waals surface area contributed by atoms with E-state index >= 15 is 0 Å². The highest BCUT2D eigenvalue weighted by molar-refractivity contribution is 7.99. The number of aromatic amines is 1. The number of benzene rings is 2. The summed E-state index contributed by atoms with van der Waals surface area (Å²) in [7, 11) is 0. The fourth-order valence-corrected chi connectivity index (χ4v) is 4.38. The van der Waals surface area contributed by atoms with Gasteiger partial charge in [-0.25, -0.2) is 19.9 Å². The van der Waals surface area contributed by atoms with Crippen LogP contribution in [-0.4, -0.2) is 43.0 Å². The minimum absolute atomic E-state index is 0.405. The van der Waals surface area contributed by atoms with Crippen LogP contribution in [0.5, 0.6) is 0 Å². The van der Waals surface area contributed by atoms with Crippen LogP contribution in [0.2, 0.25) is 0 Å². The van der Waals surface area contributed by atoms with Crippen molar-refractivity contribution in [3.8, 4) is 0 Å². The molecule has 0 fully saturated rings. The van der Waals surface area contributed by atoms with Crippen molar-refractivity contribution in [3.63, 3.8) is 0 Å². The normalized spacial score (nSPS) is 16.1. The van der Waals surface area contributed by atoms with E-state index in [1.165, 1.54) is 11.1 Å². The van der Waals surface area contributed by atoms with Crippen LogP contribution in [0.15, 0.2) is 58.3 Å². The Kier molecular flexibility index (Phi) is 5.28. The number of nitrogens with one attached hydrogen (secondary N) is 3. The molecule has 8 nitrogen and oxygen atoms in total. The number of nitrogens with zero attached hydrogens (tertiary/aromatic N) is 4. The Balaban J connectivity index is 1.30. The van der Waals surface area contributed by atoms with Gasteiger partial charge in [-0.1, -0.05) is 23.9 Å². The van der Waals surface area contributed by atoms with Crippen molar-refractivity contribution in [3.05, 3.63) is 65.0 Å². The second-order valence-electron chi connectivity index (χ2n) is 7.77. The third-order valence-electron chi connectivity index (χ3n) is 5.35. The Morgan fingerprint density at radius 3 is 2.69 bits per heavy atom. The van der Waals surface area contributed by atoms with E-state index in [1.807, 2.05) is 31.2 Å². The Hall–Kier alpha value is -3.43. The highest BCUT2D eigenvalue weighted by atomic mass is 32.2. The summed E-state index contributed by atoms with van der Waals surface area (Å²) < 4.78 is 0. The lowest BCUT2D eigenvalue weighted by atomic mass is 10.1. The zero-order chi connectivity index (χ0) is 22.2. The minimum Gasteiger partial charge on any atom is -0.368 e. The van der Waals surface area contributed by atoms with Crippen molar-refractivity contribution in [2.24, 2.45) is 4.99 Å². The average molecular weight is 446 g/mol. The maximum absolute atomic E-state index is 10.2.